The quantitative estimate of drug-likeness (QED) is 0.303. The number of hydrogen-bond donors (Lipinski definition) is 1. The Bertz CT molecular complexity index is 1080. The van der Waals surface area contributed by atoms with Crippen LogP contribution in [0, 0.1) is 0 Å². The molecule has 3 rings (SSSR count). The van der Waals surface area contributed by atoms with Gasteiger partial charge in [0.25, 0.3) is 0 Å². The average molecular weight is 490 g/mol. The van der Waals surface area contributed by atoms with Crippen molar-refractivity contribution in [2.24, 2.45) is 0 Å². The van der Waals surface area contributed by atoms with Crippen molar-refractivity contribution in [1.82, 2.24) is 9.55 Å². The fourth-order valence-corrected chi connectivity index (χ4v) is 4.08. The number of imidazole rings is 1. The summed E-state index contributed by atoms with van der Waals surface area (Å²) in [4.78, 5) is 17.3. The molecule has 0 radical (unpaired) electrons. The van der Waals surface area contributed by atoms with Crippen LogP contribution in [0.25, 0.3) is 11.3 Å². The summed E-state index contributed by atoms with van der Waals surface area (Å²) in [6, 6.07) is 10.1. The van der Waals surface area contributed by atoms with Crippen molar-refractivity contribution in [3.63, 3.8) is 0 Å². The van der Waals surface area contributed by atoms with Crippen molar-refractivity contribution in [1.29, 1.82) is 0 Å². The molecule has 1 heterocycles. The number of carbonyl (C=O) groups excluding carboxylic acids is 1. The Labute approximate surface area is 194 Å². The number of esters is 1. The van der Waals surface area contributed by atoms with E-state index in [4.69, 9.17) is 51.1 Å². The summed E-state index contributed by atoms with van der Waals surface area (Å²) in [5.41, 5.74) is 2.14. The molecule has 0 bridgehead atoms. The summed E-state index contributed by atoms with van der Waals surface area (Å²) >= 11 is 29.0. The minimum Gasteiger partial charge on any atom is -0.464 e. The Morgan fingerprint density at radius 3 is 2.24 bits per heavy atom. The largest absolute Gasteiger partial charge is 0.464 e. The lowest BCUT2D eigenvalue weighted by atomic mass is 10.0. The maximum atomic E-state index is 12.7. The molecule has 9 heteroatoms. The molecular weight excluding hydrogens is 474 g/mol. The molecule has 152 valence electrons. The monoisotopic (exact) mass is 488 g/mol. The van der Waals surface area contributed by atoms with Gasteiger partial charge in [0, 0.05) is 5.56 Å². The molecule has 0 N–H and O–H groups in total. The van der Waals surface area contributed by atoms with Crippen molar-refractivity contribution >= 4 is 65.0 Å². The lowest BCUT2D eigenvalue weighted by molar-refractivity contribution is 0.0586. The molecule has 0 amide bonds. The first-order valence-electron chi connectivity index (χ1n) is 8.58. The van der Waals surface area contributed by atoms with Crippen LogP contribution in [-0.2, 0) is 4.74 Å². The Morgan fingerprint density at radius 1 is 1.07 bits per heavy atom. The van der Waals surface area contributed by atoms with Gasteiger partial charge in [0.2, 0.25) is 0 Å². The number of aromatic nitrogens is 2. The van der Waals surface area contributed by atoms with Crippen LogP contribution in [0.2, 0.25) is 20.1 Å². The van der Waals surface area contributed by atoms with Crippen molar-refractivity contribution in [2.75, 3.05) is 7.11 Å². The van der Waals surface area contributed by atoms with Gasteiger partial charge < -0.3 is 9.30 Å². The van der Waals surface area contributed by atoms with E-state index in [-0.39, 0.29) is 11.7 Å². The van der Waals surface area contributed by atoms with Crippen molar-refractivity contribution in [2.45, 2.75) is 24.5 Å². The number of halogens is 4. The molecule has 1 aromatic heterocycles. The van der Waals surface area contributed by atoms with Gasteiger partial charge in [-0.15, -0.1) is 12.6 Å². The number of ether oxygens (including phenoxy) is 1. The first kappa shape index (κ1) is 22.3. The van der Waals surface area contributed by atoms with Crippen LogP contribution < -0.4 is 0 Å². The Morgan fingerprint density at radius 2 is 1.69 bits per heavy atom. The standard InChI is InChI=1S/C20H16Cl4N2O2S/c1-3-16(10-4-6-12(21)14(23)8-10)26-18(19(27)28-2)17(25-20(26)29)11-5-7-13(22)15(24)9-11/h4-9,16H,3H2,1-2H3,(H,25,29). The lowest BCUT2D eigenvalue weighted by Crippen LogP contribution is -2.18. The number of benzene rings is 2. The third-order valence-electron chi connectivity index (χ3n) is 4.49. The van der Waals surface area contributed by atoms with E-state index in [2.05, 4.69) is 17.6 Å². The SMILES string of the molecule is CCC(c1ccc(Cl)c(Cl)c1)n1c(S)nc(-c2ccc(Cl)c(Cl)c2)c1C(=O)OC. The first-order valence-corrected chi connectivity index (χ1v) is 10.5. The molecule has 1 unspecified atom stereocenters. The predicted molar refractivity (Wildman–Crippen MR) is 121 cm³/mol. The highest BCUT2D eigenvalue weighted by atomic mass is 35.5. The highest BCUT2D eigenvalue weighted by Crippen LogP contribution is 2.36. The zero-order valence-corrected chi connectivity index (χ0v) is 19.3. The van der Waals surface area contributed by atoms with Gasteiger partial charge in [-0.2, -0.15) is 0 Å². The summed E-state index contributed by atoms with van der Waals surface area (Å²) in [5.74, 6) is -0.544. The second-order valence-electron chi connectivity index (χ2n) is 6.20. The van der Waals surface area contributed by atoms with Gasteiger partial charge in [0.05, 0.1) is 33.2 Å². The van der Waals surface area contributed by atoms with Crippen LogP contribution in [0.5, 0.6) is 0 Å². The van der Waals surface area contributed by atoms with Gasteiger partial charge >= 0.3 is 5.97 Å². The van der Waals surface area contributed by atoms with Gasteiger partial charge in [0.1, 0.15) is 5.69 Å². The zero-order chi connectivity index (χ0) is 21.3. The van der Waals surface area contributed by atoms with Gasteiger partial charge in [-0.3, -0.25) is 0 Å². The Kier molecular flexibility index (Phi) is 7.07. The normalized spacial score (nSPS) is 12.1. The van der Waals surface area contributed by atoms with Gasteiger partial charge in [-0.05, 0) is 36.2 Å². The van der Waals surface area contributed by atoms with Crippen LogP contribution in [-0.4, -0.2) is 22.6 Å². The molecule has 0 saturated heterocycles. The first-order chi connectivity index (χ1) is 13.8. The molecule has 4 nitrogen and oxygen atoms in total. The van der Waals surface area contributed by atoms with Crippen molar-refractivity contribution < 1.29 is 9.53 Å². The van der Waals surface area contributed by atoms with Gasteiger partial charge in [0.15, 0.2) is 10.9 Å². The molecule has 0 fully saturated rings. The maximum absolute atomic E-state index is 12.7. The second-order valence-corrected chi connectivity index (χ2v) is 8.23. The molecule has 29 heavy (non-hydrogen) atoms. The van der Waals surface area contributed by atoms with Gasteiger partial charge in [-0.1, -0.05) is 65.5 Å². The number of rotatable bonds is 5. The summed E-state index contributed by atoms with van der Waals surface area (Å²) < 4.78 is 6.77. The molecule has 0 aliphatic heterocycles. The fraction of sp³-hybridized carbons (Fsp3) is 0.200. The van der Waals surface area contributed by atoms with Crippen LogP contribution in [0.4, 0.5) is 0 Å². The summed E-state index contributed by atoms with van der Waals surface area (Å²) in [5, 5.41) is 1.98. The third-order valence-corrected chi connectivity index (χ3v) is 6.28. The number of hydrogen-bond acceptors (Lipinski definition) is 4. The minimum atomic E-state index is -0.544. The molecule has 3 aromatic rings. The van der Waals surface area contributed by atoms with Gasteiger partial charge in [-0.25, -0.2) is 9.78 Å². The molecule has 0 aliphatic rings. The van der Waals surface area contributed by atoms with Crippen LogP contribution in [0.3, 0.4) is 0 Å². The molecule has 0 saturated carbocycles. The fourth-order valence-electron chi connectivity index (χ4n) is 3.14. The number of methoxy groups -OCH3 is 1. The highest BCUT2D eigenvalue weighted by Gasteiger charge is 2.28. The van der Waals surface area contributed by atoms with Crippen molar-refractivity contribution in [3.05, 3.63) is 67.7 Å². The number of nitrogens with zero attached hydrogens (tertiary/aromatic N) is 2. The van der Waals surface area contributed by atoms with E-state index in [9.17, 15) is 4.79 Å². The van der Waals surface area contributed by atoms with E-state index in [1.807, 2.05) is 13.0 Å². The number of carbonyl (C=O) groups is 1. The summed E-state index contributed by atoms with van der Waals surface area (Å²) in [6.45, 7) is 1.99. The van der Waals surface area contributed by atoms with Crippen LogP contribution in [0.15, 0.2) is 41.6 Å². The number of thiol groups is 1. The topological polar surface area (TPSA) is 44.1 Å². The maximum Gasteiger partial charge on any atom is 0.357 e. The lowest BCUT2D eigenvalue weighted by Gasteiger charge is -2.21. The van der Waals surface area contributed by atoms with E-state index in [1.54, 1.807) is 34.9 Å². The molecule has 2 aromatic carbocycles. The summed E-state index contributed by atoms with van der Waals surface area (Å²) in [7, 11) is 1.32. The van der Waals surface area contributed by atoms with Crippen LogP contribution >= 0.6 is 59.0 Å². The van der Waals surface area contributed by atoms with Crippen molar-refractivity contribution in [3.8, 4) is 11.3 Å². The van der Waals surface area contributed by atoms with Crippen LogP contribution in [0.1, 0.15) is 35.4 Å². The average Bonchev–Trinajstić information content (AvgIpc) is 3.04. The predicted octanol–water partition coefficient (Wildman–Crippen LogP) is 7.24. The summed E-state index contributed by atoms with van der Waals surface area (Å²) in [6.07, 6.45) is 0.646. The van der Waals surface area contributed by atoms with E-state index in [0.717, 1.165) is 5.56 Å². The second kappa shape index (κ2) is 9.19. The molecule has 1 atom stereocenters. The third kappa shape index (κ3) is 4.39. The Balaban J connectivity index is 2.24. The smallest absolute Gasteiger partial charge is 0.357 e. The molecular formula is C20H16Cl4N2O2S. The Hall–Kier alpha value is -1.37. The van der Waals surface area contributed by atoms with E-state index >= 15 is 0 Å². The zero-order valence-electron chi connectivity index (χ0n) is 15.4. The highest BCUT2D eigenvalue weighted by molar-refractivity contribution is 7.80. The minimum absolute atomic E-state index is 0.258. The van der Waals surface area contributed by atoms with E-state index in [0.29, 0.717) is 42.9 Å². The van der Waals surface area contributed by atoms with E-state index < -0.39 is 5.97 Å². The van der Waals surface area contributed by atoms with E-state index in [1.165, 1.54) is 7.11 Å². The molecule has 0 aliphatic carbocycles. The molecule has 0 spiro atoms.